The van der Waals surface area contributed by atoms with Gasteiger partial charge in [0.15, 0.2) is 23.0 Å². The number of hydrogen-bond acceptors (Lipinski definition) is 8. The molecule has 0 N–H and O–H groups in total. The molecule has 8 rings (SSSR count). The van der Waals surface area contributed by atoms with Crippen molar-refractivity contribution in [3.8, 4) is 28.7 Å². The number of allylic oxidation sites excluding steroid dienone is 2. The van der Waals surface area contributed by atoms with Gasteiger partial charge in [0.05, 0.1) is 41.2 Å². The molecule has 2 heterocycles. The number of methoxy groups -OCH3 is 5. The average molecular weight is 772 g/mol. The van der Waals surface area contributed by atoms with Gasteiger partial charge in [0.25, 0.3) is 0 Å². The Labute approximate surface area is 340 Å². The first kappa shape index (κ1) is 38.9. The first-order chi connectivity index (χ1) is 27.8. The molecule has 3 fully saturated rings. The van der Waals surface area contributed by atoms with Crippen LogP contribution in [-0.4, -0.2) is 85.1 Å². The summed E-state index contributed by atoms with van der Waals surface area (Å²) in [6, 6.07) is 18.0. The van der Waals surface area contributed by atoms with Gasteiger partial charge in [-0.05, 0) is 140 Å². The molecular weight excluding hydrogens is 711 g/mol. The molecule has 0 atom stereocenters. The van der Waals surface area contributed by atoms with Crippen LogP contribution < -0.4 is 28.6 Å². The zero-order valence-corrected chi connectivity index (χ0v) is 35.1. The first-order valence-electron chi connectivity index (χ1n) is 20.9. The molecule has 0 bridgehead atoms. The van der Waals surface area contributed by atoms with Gasteiger partial charge in [0.1, 0.15) is 5.75 Å². The van der Waals surface area contributed by atoms with Crippen molar-refractivity contribution < 1.29 is 23.7 Å². The van der Waals surface area contributed by atoms with Gasteiger partial charge in [-0.2, -0.15) is 0 Å². The van der Waals surface area contributed by atoms with Crippen molar-refractivity contribution in [1.29, 1.82) is 0 Å². The van der Waals surface area contributed by atoms with Crippen molar-refractivity contribution in [2.45, 2.75) is 75.7 Å². The molecule has 0 aromatic heterocycles. The second kappa shape index (κ2) is 16.9. The third-order valence-electron chi connectivity index (χ3n) is 12.6. The van der Waals surface area contributed by atoms with Gasteiger partial charge in [-0.3, -0.25) is 0 Å². The van der Waals surface area contributed by atoms with Crippen molar-refractivity contribution in [2.24, 2.45) is 5.92 Å². The predicted octanol–water partition coefficient (Wildman–Crippen LogP) is 10.1. The van der Waals surface area contributed by atoms with Crippen LogP contribution >= 0.6 is 0 Å². The Kier molecular flexibility index (Phi) is 11.5. The van der Waals surface area contributed by atoms with Crippen molar-refractivity contribution in [3.63, 3.8) is 0 Å². The standard InChI is InChI=1S/C49H61N3O5/c1-50-27-33(21-39(30-50)37-23-42(35-14-15-35)48(56-6)46(25-37)54-4)20-32-12-18-41(19-13-32)52(44-10-8-9-11-45(44)53-3)29-34-22-40(31-51(2)28-34)38-24-43(36-16-17-36)49(57-7)47(26-38)55-5/h8-11,21-26,28,30,32,35-36,41H,12-20,27,29,31H2,1-7H3. The molecule has 5 aliphatic rings. The molecule has 8 heteroatoms. The average Bonchev–Trinajstić information content (AvgIpc) is 4.17. The van der Waals surface area contributed by atoms with Crippen LogP contribution in [0.4, 0.5) is 5.69 Å². The topological polar surface area (TPSA) is 55.9 Å². The minimum Gasteiger partial charge on any atom is -0.495 e. The molecule has 8 nitrogen and oxygen atoms in total. The maximum atomic E-state index is 5.99. The van der Waals surface area contributed by atoms with Crippen LogP contribution in [-0.2, 0) is 0 Å². The summed E-state index contributed by atoms with van der Waals surface area (Å²) in [4.78, 5) is 7.29. The highest BCUT2D eigenvalue weighted by molar-refractivity contribution is 5.78. The predicted molar refractivity (Wildman–Crippen MR) is 231 cm³/mol. The van der Waals surface area contributed by atoms with E-state index >= 15 is 0 Å². The van der Waals surface area contributed by atoms with E-state index in [0.29, 0.717) is 23.8 Å². The highest BCUT2D eigenvalue weighted by Gasteiger charge is 2.33. The largest absolute Gasteiger partial charge is 0.495 e. The Balaban J connectivity index is 1.00. The van der Waals surface area contributed by atoms with E-state index in [1.165, 1.54) is 88.8 Å². The number of nitrogens with zero attached hydrogens (tertiary/aromatic N) is 3. The van der Waals surface area contributed by atoms with E-state index in [2.05, 4.69) is 102 Å². The molecule has 302 valence electrons. The van der Waals surface area contributed by atoms with Crippen LogP contribution in [0.5, 0.6) is 28.7 Å². The Bertz CT molecular complexity index is 2070. The summed E-state index contributed by atoms with van der Waals surface area (Å²) in [5.41, 5.74) is 11.5. The van der Waals surface area contributed by atoms with E-state index in [1.54, 1.807) is 35.5 Å². The van der Waals surface area contributed by atoms with Crippen LogP contribution in [0, 0.1) is 5.92 Å². The molecule has 0 unspecified atom stereocenters. The third kappa shape index (κ3) is 8.51. The quantitative estimate of drug-likeness (QED) is 0.151. The number of anilines is 1. The minimum atomic E-state index is 0.413. The number of likely N-dealkylation sites (N-methyl/N-ethyl adjacent to an activating group) is 2. The first-order valence-corrected chi connectivity index (χ1v) is 20.9. The second-order valence-corrected chi connectivity index (χ2v) is 16.9. The second-order valence-electron chi connectivity index (χ2n) is 16.9. The lowest BCUT2D eigenvalue weighted by Gasteiger charge is -2.40. The van der Waals surface area contributed by atoms with Crippen LogP contribution in [0.1, 0.15) is 91.9 Å². The van der Waals surface area contributed by atoms with Gasteiger partial charge >= 0.3 is 0 Å². The van der Waals surface area contributed by atoms with Crippen LogP contribution in [0.2, 0.25) is 0 Å². The van der Waals surface area contributed by atoms with Gasteiger partial charge in [0.2, 0.25) is 0 Å². The van der Waals surface area contributed by atoms with E-state index in [0.717, 1.165) is 67.6 Å². The maximum absolute atomic E-state index is 5.99. The minimum absolute atomic E-state index is 0.413. The van der Waals surface area contributed by atoms with E-state index in [1.807, 2.05) is 0 Å². The van der Waals surface area contributed by atoms with Crippen LogP contribution in [0.15, 0.2) is 84.2 Å². The van der Waals surface area contributed by atoms with Gasteiger partial charge in [-0.25, -0.2) is 0 Å². The number of ether oxygens (including phenoxy) is 5. The van der Waals surface area contributed by atoms with E-state index in [9.17, 15) is 0 Å². The third-order valence-corrected chi connectivity index (χ3v) is 12.6. The van der Waals surface area contributed by atoms with E-state index < -0.39 is 0 Å². The van der Waals surface area contributed by atoms with Gasteiger partial charge in [-0.15, -0.1) is 0 Å². The zero-order chi connectivity index (χ0) is 39.6. The van der Waals surface area contributed by atoms with Gasteiger partial charge in [0, 0.05) is 63.3 Å². The normalized spacial score (nSPS) is 20.9. The highest BCUT2D eigenvalue weighted by atomic mass is 16.5. The molecule has 0 saturated heterocycles. The molecule has 3 aromatic carbocycles. The summed E-state index contributed by atoms with van der Waals surface area (Å²) >= 11 is 0. The van der Waals surface area contributed by atoms with Crippen molar-refractivity contribution >= 4 is 16.8 Å². The molecule has 0 amide bonds. The summed E-state index contributed by atoms with van der Waals surface area (Å²) in [6.45, 7) is 2.63. The van der Waals surface area contributed by atoms with Crippen LogP contribution in [0.25, 0.3) is 11.1 Å². The molecule has 3 aromatic rings. The number of hydrogen-bond donors (Lipinski definition) is 0. The summed E-state index contributed by atoms with van der Waals surface area (Å²) in [7, 11) is 13.2. The monoisotopic (exact) mass is 771 g/mol. The number of benzene rings is 3. The molecule has 3 saturated carbocycles. The molecule has 3 aliphatic carbocycles. The summed E-state index contributed by atoms with van der Waals surface area (Å²) in [5, 5.41) is 0. The Morgan fingerprint density at radius 3 is 1.82 bits per heavy atom. The SMILES string of the molecule is COc1ccccc1N(CC1=CN(C)CC(c2cc(OC)c(OC)c(C3CC3)c2)=C1)C1CCC(CC2=CC(c3cc(OC)c(OC)c(C4CC4)c3)=CN(C)C2)CC1. The van der Waals surface area contributed by atoms with E-state index in [4.69, 9.17) is 23.7 Å². The molecule has 0 spiro atoms. The lowest BCUT2D eigenvalue weighted by molar-refractivity contribution is 0.308. The number of rotatable bonds is 15. The summed E-state index contributed by atoms with van der Waals surface area (Å²) in [6.07, 6.45) is 20.1. The summed E-state index contributed by atoms with van der Waals surface area (Å²) in [5.74, 6) is 6.11. The Morgan fingerprint density at radius 2 is 1.21 bits per heavy atom. The lowest BCUT2D eigenvalue weighted by Crippen LogP contribution is -2.40. The maximum Gasteiger partial charge on any atom is 0.164 e. The smallest absolute Gasteiger partial charge is 0.164 e. The van der Waals surface area contributed by atoms with E-state index in [-0.39, 0.29) is 0 Å². The van der Waals surface area contributed by atoms with Crippen molar-refractivity contribution in [3.05, 3.63) is 106 Å². The molecule has 57 heavy (non-hydrogen) atoms. The van der Waals surface area contributed by atoms with Gasteiger partial charge < -0.3 is 38.4 Å². The zero-order valence-electron chi connectivity index (χ0n) is 35.1. The van der Waals surface area contributed by atoms with Crippen molar-refractivity contribution in [2.75, 3.05) is 74.2 Å². The lowest BCUT2D eigenvalue weighted by atomic mass is 9.80. The van der Waals surface area contributed by atoms with Crippen LogP contribution in [0.3, 0.4) is 0 Å². The fourth-order valence-electron chi connectivity index (χ4n) is 9.59. The van der Waals surface area contributed by atoms with Crippen molar-refractivity contribution in [1.82, 2.24) is 9.80 Å². The Morgan fingerprint density at radius 1 is 0.614 bits per heavy atom. The fraction of sp³-hybridized carbons (Fsp3) is 0.469. The number of para-hydroxylation sites is 2. The highest BCUT2D eigenvalue weighted by Crippen LogP contribution is 2.50. The summed E-state index contributed by atoms with van der Waals surface area (Å²) < 4.78 is 29.4. The Hall–Kier alpha value is -4.98. The van der Waals surface area contributed by atoms with Gasteiger partial charge in [-0.1, -0.05) is 29.9 Å². The molecular formula is C49H61N3O5. The molecule has 2 aliphatic heterocycles. The fourth-order valence-corrected chi connectivity index (χ4v) is 9.59. The molecule has 0 radical (unpaired) electrons.